The number of carbonyl (C=O) groups excluding carboxylic acids is 4. The maximum atomic E-state index is 12.6. The van der Waals surface area contributed by atoms with Crippen LogP contribution in [0.5, 0.6) is 5.75 Å². The molecule has 2 heterocycles. The van der Waals surface area contributed by atoms with Gasteiger partial charge in [0.2, 0.25) is 5.91 Å². The fraction of sp³-hybridized carbons (Fsp3) is 0.333. The van der Waals surface area contributed by atoms with Gasteiger partial charge in [-0.25, -0.2) is 4.79 Å². The van der Waals surface area contributed by atoms with E-state index in [4.69, 9.17) is 4.74 Å². The highest BCUT2D eigenvalue weighted by atomic mass is 16.5. The van der Waals surface area contributed by atoms with Crippen molar-refractivity contribution in [3.8, 4) is 5.75 Å². The van der Waals surface area contributed by atoms with Crippen molar-refractivity contribution in [3.05, 3.63) is 59.7 Å². The number of amides is 5. The minimum absolute atomic E-state index is 0.187. The number of hydrogen-bond donors (Lipinski definition) is 2. The summed E-state index contributed by atoms with van der Waals surface area (Å²) in [7, 11) is 1.55. The Labute approximate surface area is 191 Å². The van der Waals surface area contributed by atoms with Crippen molar-refractivity contribution in [2.24, 2.45) is 5.92 Å². The summed E-state index contributed by atoms with van der Waals surface area (Å²) >= 11 is 0. The first-order chi connectivity index (χ1) is 16.0. The number of nitrogens with zero attached hydrogens (tertiary/aromatic N) is 2. The Morgan fingerprint density at radius 1 is 0.970 bits per heavy atom. The van der Waals surface area contributed by atoms with Gasteiger partial charge in [-0.1, -0.05) is 24.3 Å². The van der Waals surface area contributed by atoms with Crippen LogP contribution in [-0.4, -0.2) is 66.8 Å². The van der Waals surface area contributed by atoms with Crippen molar-refractivity contribution in [2.45, 2.75) is 12.8 Å². The van der Waals surface area contributed by atoms with Gasteiger partial charge in [0, 0.05) is 19.6 Å². The number of benzene rings is 2. The molecule has 1 fully saturated rings. The standard InChI is InChI=1S/C24H26N4O5/c1-33-20-9-5-4-8-19(20)26-24(32)27-12-10-16(11-13-27)14-25-21(29)15-28-22(30)17-6-2-3-7-18(17)23(28)31/h2-9,16H,10-15H2,1H3,(H,25,29)(H,26,32). The second kappa shape index (κ2) is 9.72. The average molecular weight is 450 g/mol. The first-order valence-corrected chi connectivity index (χ1v) is 10.9. The molecular weight excluding hydrogens is 424 g/mol. The van der Waals surface area contributed by atoms with Crippen molar-refractivity contribution in [2.75, 3.05) is 38.6 Å². The normalized spacial score (nSPS) is 15.9. The number of para-hydroxylation sites is 2. The number of carbonyl (C=O) groups is 4. The highest BCUT2D eigenvalue weighted by Gasteiger charge is 2.36. The Morgan fingerprint density at radius 3 is 2.21 bits per heavy atom. The molecule has 4 rings (SSSR count). The van der Waals surface area contributed by atoms with E-state index in [-0.39, 0.29) is 24.4 Å². The third kappa shape index (κ3) is 4.82. The summed E-state index contributed by atoms with van der Waals surface area (Å²) in [5, 5.41) is 5.70. The number of hydrogen-bond acceptors (Lipinski definition) is 5. The molecule has 0 saturated carbocycles. The zero-order valence-electron chi connectivity index (χ0n) is 18.4. The van der Waals surface area contributed by atoms with Crippen LogP contribution in [0.1, 0.15) is 33.6 Å². The molecular formula is C24H26N4O5. The molecule has 9 heteroatoms. The summed E-state index contributed by atoms with van der Waals surface area (Å²) in [4.78, 5) is 52.5. The predicted octanol–water partition coefficient (Wildman–Crippen LogP) is 2.35. The van der Waals surface area contributed by atoms with Crippen LogP contribution in [-0.2, 0) is 4.79 Å². The molecule has 2 aromatic carbocycles. The molecule has 9 nitrogen and oxygen atoms in total. The minimum Gasteiger partial charge on any atom is -0.495 e. The maximum absolute atomic E-state index is 12.6. The summed E-state index contributed by atoms with van der Waals surface area (Å²) in [5.74, 6) is -0.450. The number of rotatable bonds is 6. The van der Waals surface area contributed by atoms with Crippen molar-refractivity contribution in [1.29, 1.82) is 0 Å². The third-order valence-corrected chi connectivity index (χ3v) is 6.02. The highest BCUT2D eigenvalue weighted by molar-refractivity contribution is 6.22. The van der Waals surface area contributed by atoms with Gasteiger partial charge in [0.15, 0.2) is 0 Å². The number of nitrogens with one attached hydrogen (secondary N) is 2. The molecule has 0 aliphatic carbocycles. The van der Waals surface area contributed by atoms with E-state index in [9.17, 15) is 19.2 Å². The van der Waals surface area contributed by atoms with Crippen LogP contribution in [0, 0.1) is 5.92 Å². The van der Waals surface area contributed by atoms with E-state index in [2.05, 4.69) is 10.6 Å². The topological polar surface area (TPSA) is 108 Å². The molecule has 2 aliphatic heterocycles. The highest BCUT2D eigenvalue weighted by Crippen LogP contribution is 2.25. The number of fused-ring (bicyclic) bond motifs is 1. The van der Waals surface area contributed by atoms with E-state index in [1.807, 2.05) is 12.1 Å². The van der Waals surface area contributed by atoms with Crippen LogP contribution < -0.4 is 15.4 Å². The van der Waals surface area contributed by atoms with Crippen LogP contribution >= 0.6 is 0 Å². The lowest BCUT2D eigenvalue weighted by Gasteiger charge is -2.32. The molecule has 33 heavy (non-hydrogen) atoms. The summed E-state index contributed by atoms with van der Waals surface area (Å²) in [6.07, 6.45) is 1.49. The Bertz CT molecular complexity index is 1040. The third-order valence-electron chi connectivity index (χ3n) is 6.02. The fourth-order valence-corrected chi connectivity index (χ4v) is 4.12. The van der Waals surface area contributed by atoms with Crippen LogP contribution in [0.25, 0.3) is 0 Å². The molecule has 0 atom stereocenters. The van der Waals surface area contributed by atoms with Gasteiger partial charge in [0.1, 0.15) is 12.3 Å². The monoisotopic (exact) mass is 450 g/mol. The SMILES string of the molecule is COc1ccccc1NC(=O)N1CCC(CNC(=O)CN2C(=O)c3ccccc3C2=O)CC1. The largest absolute Gasteiger partial charge is 0.495 e. The van der Waals surface area contributed by atoms with Crippen molar-refractivity contribution in [3.63, 3.8) is 0 Å². The summed E-state index contributed by atoms with van der Waals surface area (Å²) < 4.78 is 5.27. The van der Waals surface area contributed by atoms with Gasteiger partial charge in [-0.15, -0.1) is 0 Å². The number of ether oxygens (including phenoxy) is 1. The lowest BCUT2D eigenvalue weighted by molar-refractivity contribution is -0.121. The Hall–Kier alpha value is -3.88. The van der Waals surface area contributed by atoms with Gasteiger partial charge in [-0.05, 0) is 43.0 Å². The molecule has 2 aliphatic rings. The molecule has 172 valence electrons. The first-order valence-electron chi connectivity index (χ1n) is 10.9. The Morgan fingerprint density at radius 2 is 1.58 bits per heavy atom. The van der Waals surface area contributed by atoms with E-state index in [0.29, 0.717) is 42.2 Å². The average Bonchev–Trinajstić information content (AvgIpc) is 3.08. The second-order valence-corrected chi connectivity index (χ2v) is 8.11. The molecule has 5 amide bonds. The quantitative estimate of drug-likeness (QED) is 0.657. The summed E-state index contributed by atoms with van der Waals surface area (Å²) in [6.45, 7) is 1.27. The van der Waals surface area contributed by atoms with E-state index in [0.717, 1.165) is 17.7 Å². The zero-order chi connectivity index (χ0) is 23.4. The molecule has 2 aromatic rings. The van der Waals surface area contributed by atoms with E-state index < -0.39 is 11.8 Å². The van der Waals surface area contributed by atoms with Crippen LogP contribution in [0.4, 0.5) is 10.5 Å². The van der Waals surface area contributed by atoms with Crippen LogP contribution in [0.2, 0.25) is 0 Å². The van der Waals surface area contributed by atoms with Gasteiger partial charge in [0.25, 0.3) is 11.8 Å². The van der Waals surface area contributed by atoms with Gasteiger partial charge in [-0.3, -0.25) is 19.3 Å². The fourth-order valence-electron chi connectivity index (χ4n) is 4.12. The van der Waals surface area contributed by atoms with Crippen molar-refractivity contribution in [1.82, 2.24) is 15.1 Å². The predicted molar refractivity (Wildman–Crippen MR) is 121 cm³/mol. The second-order valence-electron chi connectivity index (χ2n) is 8.11. The number of anilines is 1. The lowest BCUT2D eigenvalue weighted by atomic mass is 9.97. The Balaban J connectivity index is 1.21. The number of likely N-dealkylation sites (tertiary alicyclic amines) is 1. The summed E-state index contributed by atoms with van der Waals surface area (Å²) in [6, 6.07) is 13.6. The first kappa shape index (κ1) is 22.3. The molecule has 0 spiro atoms. The number of methoxy groups -OCH3 is 1. The number of piperidine rings is 1. The van der Waals surface area contributed by atoms with Crippen LogP contribution in [0.3, 0.4) is 0 Å². The number of urea groups is 1. The molecule has 1 saturated heterocycles. The molecule has 0 bridgehead atoms. The Kier molecular flexibility index (Phi) is 6.58. The van der Waals surface area contributed by atoms with Gasteiger partial charge >= 0.3 is 6.03 Å². The van der Waals surface area contributed by atoms with Gasteiger partial charge in [-0.2, -0.15) is 0 Å². The summed E-state index contributed by atoms with van der Waals surface area (Å²) in [5.41, 5.74) is 1.27. The van der Waals surface area contributed by atoms with E-state index >= 15 is 0 Å². The van der Waals surface area contributed by atoms with E-state index in [1.165, 1.54) is 0 Å². The van der Waals surface area contributed by atoms with Crippen molar-refractivity contribution < 1.29 is 23.9 Å². The molecule has 0 aromatic heterocycles. The van der Waals surface area contributed by atoms with Crippen LogP contribution in [0.15, 0.2) is 48.5 Å². The van der Waals surface area contributed by atoms with Gasteiger partial charge in [0.05, 0.1) is 23.9 Å². The zero-order valence-corrected chi connectivity index (χ0v) is 18.4. The molecule has 0 radical (unpaired) electrons. The minimum atomic E-state index is -0.444. The molecule has 0 unspecified atom stereocenters. The maximum Gasteiger partial charge on any atom is 0.321 e. The van der Waals surface area contributed by atoms with Crippen molar-refractivity contribution >= 4 is 29.4 Å². The molecule has 2 N–H and O–H groups in total. The van der Waals surface area contributed by atoms with Gasteiger partial charge < -0.3 is 20.3 Å². The van der Waals surface area contributed by atoms with E-state index in [1.54, 1.807) is 48.4 Å². The lowest BCUT2D eigenvalue weighted by Crippen LogP contribution is -2.45. The smallest absolute Gasteiger partial charge is 0.321 e. The number of imide groups is 1.